The van der Waals surface area contributed by atoms with Crippen molar-refractivity contribution in [3.63, 3.8) is 0 Å². The predicted octanol–water partition coefficient (Wildman–Crippen LogP) is 4.12. The van der Waals surface area contributed by atoms with Crippen LogP contribution in [0.1, 0.15) is 0 Å². The molecule has 100 valence electrons. The van der Waals surface area contributed by atoms with Gasteiger partial charge in [-0.25, -0.2) is 15.0 Å². The summed E-state index contributed by atoms with van der Waals surface area (Å²) in [6.45, 7) is 0. The summed E-state index contributed by atoms with van der Waals surface area (Å²) in [5.41, 5.74) is 1.42. The minimum atomic E-state index is 0.361. The van der Waals surface area contributed by atoms with Gasteiger partial charge >= 0.3 is 0 Å². The number of nitrogens with zero attached hydrogens (tertiary/aromatic N) is 3. The minimum Gasteiger partial charge on any atom is -0.496 e. The molecule has 0 atom stereocenters. The van der Waals surface area contributed by atoms with Crippen LogP contribution in [0.25, 0.3) is 22.3 Å². The van der Waals surface area contributed by atoms with Gasteiger partial charge in [-0.05, 0) is 24.3 Å². The highest BCUT2D eigenvalue weighted by Crippen LogP contribution is 2.31. The lowest BCUT2D eigenvalue weighted by Crippen LogP contribution is -1.94. The largest absolute Gasteiger partial charge is 0.496 e. The number of pyridine rings is 1. The van der Waals surface area contributed by atoms with Crippen molar-refractivity contribution in [2.45, 2.75) is 0 Å². The van der Waals surface area contributed by atoms with Crippen LogP contribution in [-0.2, 0) is 0 Å². The third-order valence-corrected chi connectivity index (χ3v) is 3.63. The average Bonchev–Trinajstić information content (AvgIpc) is 2.47. The quantitative estimate of drug-likeness (QED) is 0.652. The van der Waals surface area contributed by atoms with E-state index in [0.29, 0.717) is 22.2 Å². The van der Waals surface area contributed by atoms with Gasteiger partial charge in [0, 0.05) is 22.3 Å². The van der Waals surface area contributed by atoms with Crippen molar-refractivity contribution in [2.75, 3.05) is 7.11 Å². The molecule has 0 aliphatic heterocycles. The molecule has 0 saturated heterocycles. The Morgan fingerprint density at radius 2 is 2.05 bits per heavy atom. The molecule has 0 N–H and O–H groups in total. The standard InChI is InChI=1S/C14H9BrClN3O/c1-20-11-3-2-9(15)6-10(11)14-18-7-8-4-5-17-13(16)12(8)19-14/h2-7H,1H3. The summed E-state index contributed by atoms with van der Waals surface area (Å²) in [6.07, 6.45) is 3.36. The molecular formula is C14H9BrClN3O. The number of hydrogen-bond donors (Lipinski definition) is 0. The molecule has 2 aromatic heterocycles. The lowest BCUT2D eigenvalue weighted by molar-refractivity contribution is 0.416. The number of fused-ring (bicyclic) bond motifs is 1. The number of methoxy groups -OCH3 is 1. The Kier molecular flexibility index (Phi) is 3.54. The summed E-state index contributed by atoms with van der Waals surface area (Å²) < 4.78 is 6.27. The Morgan fingerprint density at radius 3 is 2.85 bits per heavy atom. The molecule has 1 aromatic carbocycles. The SMILES string of the molecule is COc1ccc(Br)cc1-c1ncc2ccnc(Cl)c2n1. The Bertz CT molecular complexity index is 794. The van der Waals surface area contributed by atoms with E-state index >= 15 is 0 Å². The number of aromatic nitrogens is 3. The molecule has 2 heterocycles. The molecule has 0 aliphatic carbocycles. The summed E-state index contributed by atoms with van der Waals surface area (Å²) in [7, 11) is 1.61. The molecule has 0 saturated carbocycles. The smallest absolute Gasteiger partial charge is 0.163 e. The van der Waals surface area contributed by atoms with Crippen LogP contribution in [0.15, 0.2) is 41.1 Å². The molecule has 3 rings (SSSR count). The van der Waals surface area contributed by atoms with E-state index in [2.05, 4.69) is 30.9 Å². The van der Waals surface area contributed by atoms with Gasteiger partial charge in [0.25, 0.3) is 0 Å². The highest BCUT2D eigenvalue weighted by molar-refractivity contribution is 9.10. The second-order valence-electron chi connectivity index (χ2n) is 4.08. The molecule has 0 aliphatic rings. The van der Waals surface area contributed by atoms with E-state index in [1.54, 1.807) is 19.5 Å². The monoisotopic (exact) mass is 349 g/mol. The predicted molar refractivity (Wildman–Crippen MR) is 82.0 cm³/mol. The van der Waals surface area contributed by atoms with Gasteiger partial charge in [0.05, 0.1) is 12.7 Å². The van der Waals surface area contributed by atoms with Crippen LogP contribution in [0, 0.1) is 0 Å². The fourth-order valence-corrected chi connectivity index (χ4v) is 2.48. The Hall–Kier alpha value is -1.72. The summed E-state index contributed by atoms with van der Waals surface area (Å²) in [6, 6.07) is 7.49. The van der Waals surface area contributed by atoms with Crippen molar-refractivity contribution in [1.82, 2.24) is 15.0 Å². The van der Waals surface area contributed by atoms with Gasteiger partial charge in [-0.15, -0.1) is 0 Å². The molecule has 6 heteroatoms. The third kappa shape index (κ3) is 2.34. The van der Waals surface area contributed by atoms with Gasteiger partial charge < -0.3 is 4.74 Å². The van der Waals surface area contributed by atoms with E-state index < -0.39 is 0 Å². The maximum Gasteiger partial charge on any atom is 0.163 e. The van der Waals surface area contributed by atoms with Crippen molar-refractivity contribution in [3.05, 3.63) is 46.3 Å². The highest BCUT2D eigenvalue weighted by atomic mass is 79.9. The van der Waals surface area contributed by atoms with Crippen LogP contribution < -0.4 is 4.74 Å². The molecule has 0 bridgehead atoms. The van der Waals surface area contributed by atoms with E-state index in [1.807, 2.05) is 24.3 Å². The molecular weight excluding hydrogens is 342 g/mol. The number of benzene rings is 1. The van der Waals surface area contributed by atoms with Crippen molar-refractivity contribution < 1.29 is 4.74 Å². The lowest BCUT2D eigenvalue weighted by atomic mass is 10.2. The van der Waals surface area contributed by atoms with Crippen LogP contribution in [0.5, 0.6) is 5.75 Å². The van der Waals surface area contributed by atoms with Crippen molar-refractivity contribution in [3.8, 4) is 17.1 Å². The number of rotatable bonds is 2. The zero-order valence-corrected chi connectivity index (χ0v) is 12.8. The zero-order valence-electron chi connectivity index (χ0n) is 10.5. The minimum absolute atomic E-state index is 0.361. The van der Waals surface area contributed by atoms with Crippen LogP contribution in [0.2, 0.25) is 5.15 Å². The molecule has 3 aromatic rings. The van der Waals surface area contributed by atoms with E-state index in [0.717, 1.165) is 15.4 Å². The molecule has 0 amide bonds. The van der Waals surface area contributed by atoms with E-state index in [4.69, 9.17) is 16.3 Å². The molecule has 0 fully saturated rings. The summed E-state index contributed by atoms with van der Waals surface area (Å²) in [5, 5.41) is 1.21. The average molecular weight is 351 g/mol. The van der Waals surface area contributed by atoms with E-state index in [-0.39, 0.29) is 0 Å². The van der Waals surface area contributed by atoms with Gasteiger partial charge in [0.1, 0.15) is 11.3 Å². The van der Waals surface area contributed by atoms with Crippen molar-refractivity contribution >= 4 is 38.4 Å². The fraction of sp³-hybridized carbons (Fsp3) is 0.0714. The summed E-state index contributed by atoms with van der Waals surface area (Å²) in [4.78, 5) is 12.9. The first-order chi connectivity index (χ1) is 9.69. The van der Waals surface area contributed by atoms with Gasteiger partial charge in [0.2, 0.25) is 0 Å². The van der Waals surface area contributed by atoms with Gasteiger partial charge in [0.15, 0.2) is 11.0 Å². The Balaban J connectivity index is 2.24. The van der Waals surface area contributed by atoms with Crippen LogP contribution in [0.4, 0.5) is 0 Å². The molecule has 0 unspecified atom stereocenters. The van der Waals surface area contributed by atoms with Crippen molar-refractivity contribution in [2.24, 2.45) is 0 Å². The number of halogens is 2. The second kappa shape index (κ2) is 5.34. The second-order valence-corrected chi connectivity index (χ2v) is 5.35. The number of hydrogen-bond acceptors (Lipinski definition) is 4. The molecule has 0 radical (unpaired) electrons. The Morgan fingerprint density at radius 1 is 1.20 bits per heavy atom. The fourth-order valence-electron chi connectivity index (χ4n) is 1.91. The van der Waals surface area contributed by atoms with Crippen LogP contribution in [-0.4, -0.2) is 22.1 Å². The maximum absolute atomic E-state index is 6.08. The van der Waals surface area contributed by atoms with Gasteiger partial charge in [-0.1, -0.05) is 27.5 Å². The molecule has 4 nitrogen and oxygen atoms in total. The Labute approximate surface area is 128 Å². The lowest BCUT2D eigenvalue weighted by Gasteiger charge is -2.08. The van der Waals surface area contributed by atoms with E-state index in [9.17, 15) is 0 Å². The topological polar surface area (TPSA) is 47.9 Å². The molecule has 0 spiro atoms. The normalized spacial score (nSPS) is 10.8. The third-order valence-electron chi connectivity index (χ3n) is 2.86. The first kappa shape index (κ1) is 13.3. The zero-order chi connectivity index (χ0) is 14.1. The maximum atomic E-state index is 6.08. The van der Waals surface area contributed by atoms with Crippen LogP contribution in [0.3, 0.4) is 0 Å². The molecule has 20 heavy (non-hydrogen) atoms. The summed E-state index contributed by atoms with van der Waals surface area (Å²) in [5.74, 6) is 1.25. The summed E-state index contributed by atoms with van der Waals surface area (Å²) >= 11 is 9.52. The highest BCUT2D eigenvalue weighted by Gasteiger charge is 2.11. The first-order valence-corrected chi connectivity index (χ1v) is 6.97. The van der Waals surface area contributed by atoms with Crippen molar-refractivity contribution in [1.29, 1.82) is 0 Å². The van der Waals surface area contributed by atoms with E-state index in [1.165, 1.54) is 0 Å². The van der Waals surface area contributed by atoms with Gasteiger partial charge in [-0.2, -0.15) is 0 Å². The first-order valence-electron chi connectivity index (χ1n) is 5.80. The van der Waals surface area contributed by atoms with Gasteiger partial charge in [-0.3, -0.25) is 0 Å². The number of ether oxygens (including phenoxy) is 1. The van der Waals surface area contributed by atoms with Crippen LogP contribution >= 0.6 is 27.5 Å².